The number of aromatic nitrogens is 2. The Labute approximate surface area is 118 Å². The number of nitrogens with zero attached hydrogens (tertiary/aromatic N) is 2. The first-order valence-electron chi connectivity index (χ1n) is 6.38. The highest BCUT2D eigenvalue weighted by molar-refractivity contribution is 7.19. The van der Waals surface area contributed by atoms with Crippen LogP contribution in [0.1, 0.15) is 25.5 Å². The van der Waals surface area contributed by atoms with Gasteiger partial charge in [0.2, 0.25) is 0 Å². The highest BCUT2D eigenvalue weighted by Crippen LogP contribution is 2.30. The SMILES string of the molecule is CCCC#CCNc1sc(-c2cccnc2)nc1C. The molecule has 0 radical (unpaired) electrons. The molecule has 19 heavy (non-hydrogen) atoms. The molecule has 1 N–H and O–H groups in total. The van der Waals surface area contributed by atoms with Gasteiger partial charge in [-0.3, -0.25) is 4.98 Å². The van der Waals surface area contributed by atoms with E-state index in [2.05, 4.69) is 34.0 Å². The van der Waals surface area contributed by atoms with Gasteiger partial charge in [0.15, 0.2) is 0 Å². The van der Waals surface area contributed by atoms with E-state index in [1.54, 1.807) is 17.5 Å². The maximum Gasteiger partial charge on any atom is 0.127 e. The molecule has 0 aliphatic heterocycles. The van der Waals surface area contributed by atoms with Gasteiger partial charge < -0.3 is 5.32 Å². The number of nitrogens with one attached hydrogen (secondary N) is 1. The van der Waals surface area contributed by atoms with Crippen LogP contribution < -0.4 is 5.32 Å². The van der Waals surface area contributed by atoms with Crippen molar-refractivity contribution < 1.29 is 0 Å². The van der Waals surface area contributed by atoms with E-state index in [1.165, 1.54) is 0 Å². The molecule has 2 heterocycles. The number of rotatable bonds is 4. The van der Waals surface area contributed by atoms with Gasteiger partial charge >= 0.3 is 0 Å². The van der Waals surface area contributed by atoms with Crippen molar-refractivity contribution in [3.63, 3.8) is 0 Å². The topological polar surface area (TPSA) is 37.8 Å². The molecule has 0 aromatic carbocycles. The van der Waals surface area contributed by atoms with Crippen molar-refractivity contribution in [2.75, 3.05) is 11.9 Å². The minimum absolute atomic E-state index is 0.676. The van der Waals surface area contributed by atoms with Crippen molar-refractivity contribution in [2.45, 2.75) is 26.7 Å². The Bertz CT molecular complexity index is 578. The van der Waals surface area contributed by atoms with Crippen LogP contribution in [0.3, 0.4) is 0 Å². The van der Waals surface area contributed by atoms with Crippen LogP contribution in [0.4, 0.5) is 5.00 Å². The van der Waals surface area contributed by atoms with Crippen LogP contribution in [0, 0.1) is 18.8 Å². The predicted octanol–water partition coefficient (Wildman–Crippen LogP) is 3.73. The van der Waals surface area contributed by atoms with Crippen molar-refractivity contribution in [2.24, 2.45) is 0 Å². The minimum atomic E-state index is 0.676. The molecule has 0 unspecified atom stereocenters. The summed E-state index contributed by atoms with van der Waals surface area (Å²) in [6.07, 6.45) is 5.68. The Kier molecular flexibility index (Phi) is 4.93. The number of thiazole rings is 1. The fourth-order valence-corrected chi connectivity index (χ4v) is 2.53. The zero-order valence-corrected chi connectivity index (χ0v) is 12.0. The number of hydrogen-bond acceptors (Lipinski definition) is 4. The summed E-state index contributed by atoms with van der Waals surface area (Å²) in [4.78, 5) is 8.68. The van der Waals surface area contributed by atoms with E-state index in [-0.39, 0.29) is 0 Å². The third kappa shape index (κ3) is 3.80. The van der Waals surface area contributed by atoms with Crippen LogP contribution in [-0.4, -0.2) is 16.5 Å². The van der Waals surface area contributed by atoms with Gasteiger partial charge in [-0.2, -0.15) is 0 Å². The summed E-state index contributed by atoms with van der Waals surface area (Å²) in [5.41, 5.74) is 2.07. The molecule has 0 spiro atoms. The molecule has 0 amide bonds. The van der Waals surface area contributed by atoms with Crippen molar-refractivity contribution in [3.05, 3.63) is 30.2 Å². The highest BCUT2D eigenvalue weighted by Gasteiger charge is 2.08. The van der Waals surface area contributed by atoms with Crippen LogP contribution in [0.2, 0.25) is 0 Å². The smallest absolute Gasteiger partial charge is 0.127 e. The zero-order chi connectivity index (χ0) is 13.5. The van der Waals surface area contributed by atoms with Gasteiger partial charge in [0, 0.05) is 24.4 Å². The third-order valence-electron chi connectivity index (χ3n) is 2.54. The lowest BCUT2D eigenvalue weighted by Crippen LogP contribution is -1.97. The standard InChI is InChI=1S/C15H17N3S/c1-3-4-5-6-10-17-14-12(2)18-15(19-14)13-8-7-9-16-11-13/h7-9,11,17H,3-4,10H2,1-2H3. The summed E-state index contributed by atoms with van der Waals surface area (Å²) in [7, 11) is 0. The molecule has 0 fully saturated rings. The van der Waals surface area contributed by atoms with Crippen molar-refractivity contribution in [1.82, 2.24) is 9.97 Å². The van der Waals surface area contributed by atoms with Crippen LogP contribution in [-0.2, 0) is 0 Å². The van der Waals surface area contributed by atoms with E-state index in [1.807, 2.05) is 25.3 Å². The fraction of sp³-hybridized carbons (Fsp3) is 0.333. The number of anilines is 1. The molecule has 2 aromatic rings. The fourth-order valence-electron chi connectivity index (χ4n) is 1.57. The molecule has 3 nitrogen and oxygen atoms in total. The second kappa shape index (κ2) is 6.91. The molecule has 2 aromatic heterocycles. The largest absolute Gasteiger partial charge is 0.364 e. The summed E-state index contributed by atoms with van der Waals surface area (Å²) < 4.78 is 0. The van der Waals surface area contributed by atoms with Gasteiger partial charge in [0.25, 0.3) is 0 Å². The summed E-state index contributed by atoms with van der Waals surface area (Å²) in [5, 5.41) is 5.41. The monoisotopic (exact) mass is 271 g/mol. The molecule has 0 aliphatic carbocycles. The molecule has 4 heteroatoms. The molecule has 0 saturated heterocycles. The lowest BCUT2D eigenvalue weighted by Gasteiger charge is -1.97. The van der Waals surface area contributed by atoms with Crippen LogP contribution >= 0.6 is 11.3 Å². The van der Waals surface area contributed by atoms with Gasteiger partial charge in [-0.05, 0) is 25.5 Å². The number of aryl methyl sites for hydroxylation is 1. The van der Waals surface area contributed by atoms with Gasteiger partial charge in [-0.1, -0.05) is 24.2 Å². The molecular weight excluding hydrogens is 254 g/mol. The maximum atomic E-state index is 4.56. The lowest BCUT2D eigenvalue weighted by molar-refractivity contribution is 0.982. The lowest BCUT2D eigenvalue weighted by atomic mass is 10.3. The van der Waals surface area contributed by atoms with E-state index in [0.717, 1.165) is 34.1 Å². The van der Waals surface area contributed by atoms with Gasteiger partial charge in [-0.25, -0.2) is 4.98 Å². The van der Waals surface area contributed by atoms with Crippen LogP contribution in [0.25, 0.3) is 10.6 Å². The second-order valence-corrected chi connectivity index (χ2v) is 5.13. The predicted molar refractivity (Wildman–Crippen MR) is 81.3 cm³/mol. The summed E-state index contributed by atoms with van der Waals surface area (Å²) in [5.74, 6) is 6.24. The van der Waals surface area contributed by atoms with Crippen molar-refractivity contribution in [3.8, 4) is 22.4 Å². The number of hydrogen-bond donors (Lipinski definition) is 1. The van der Waals surface area contributed by atoms with Gasteiger partial charge in [0.1, 0.15) is 10.0 Å². The molecule has 2 rings (SSSR count). The van der Waals surface area contributed by atoms with Crippen LogP contribution in [0.5, 0.6) is 0 Å². The maximum absolute atomic E-state index is 4.56. The zero-order valence-electron chi connectivity index (χ0n) is 11.2. The molecule has 0 aliphatic rings. The molecule has 98 valence electrons. The molecule has 0 saturated carbocycles. The Morgan fingerprint density at radius 3 is 3.00 bits per heavy atom. The summed E-state index contributed by atoms with van der Waals surface area (Å²) in [6.45, 7) is 4.82. The van der Waals surface area contributed by atoms with Gasteiger partial charge in [-0.15, -0.1) is 5.92 Å². The van der Waals surface area contributed by atoms with Crippen LogP contribution in [0.15, 0.2) is 24.5 Å². The number of pyridine rings is 1. The third-order valence-corrected chi connectivity index (χ3v) is 3.71. The normalized spacial score (nSPS) is 9.79. The second-order valence-electron chi connectivity index (χ2n) is 4.13. The highest BCUT2D eigenvalue weighted by atomic mass is 32.1. The Hall–Kier alpha value is -1.86. The summed E-state index contributed by atoms with van der Waals surface area (Å²) >= 11 is 1.65. The average molecular weight is 271 g/mol. The molecule has 0 atom stereocenters. The van der Waals surface area contributed by atoms with E-state index >= 15 is 0 Å². The molecular formula is C15H17N3S. The van der Waals surface area contributed by atoms with E-state index in [4.69, 9.17) is 0 Å². The van der Waals surface area contributed by atoms with Gasteiger partial charge in [0.05, 0.1) is 12.2 Å². The van der Waals surface area contributed by atoms with Crippen molar-refractivity contribution in [1.29, 1.82) is 0 Å². The van der Waals surface area contributed by atoms with E-state index in [9.17, 15) is 0 Å². The Balaban J connectivity index is 2.04. The Morgan fingerprint density at radius 1 is 1.37 bits per heavy atom. The van der Waals surface area contributed by atoms with E-state index < -0.39 is 0 Å². The number of unbranched alkanes of at least 4 members (excludes halogenated alkanes) is 1. The first kappa shape index (κ1) is 13.6. The first-order chi connectivity index (χ1) is 9.31. The minimum Gasteiger partial charge on any atom is -0.364 e. The molecule has 0 bridgehead atoms. The Morgan fingerprint density at radius 2 is 2.26 bits per heavy atom. The summed E-state index contributed by atoms with van der Waals surface area (Å²) in [6, 6.07) is 3.95. The quantitative estimate of drug-likeness (QED) is 0.861. The average Bonchev–Trinajstić information content (AvgIpc) is 2.81. The first-order valence-corrected chi connectivity index (χ1v) is 7.20. The van der Waals surface area contributed by atoms with E-state index in [0.29, 0.717) is 6.54 Å². The van der Waals surface area contributed by atoms with Crippen molar-refractivity contribution >= 4 is 16.3 Å².